The molecule has 1 N–H and O–H groups in total. The van der Waals surface area contributed by atoms with Gasteiger partial charge in [-0.05, 0) is 29.3 Å². The molecule has 1 fully saturated rings. The summed E-state index contributed by atoms with van der Waals surface area (Å²) in [5, 5.41) is 0.990. The van der Waals surface area contributed by atoms with E-state index in [0.29, 0.717) is 44.1 Å². The van der Waals surface area contributed by atoms with Crippen molar-refractivity contribution < 1.29 is 14.3 Å². The third-order valence-corrected chi connectivity index (χ3v) is 6.19. The standard InChI is InChI=1S/C26H27N5O3/c1-33-20-12-18(13-21(15-20)34-2)14-24(32)30-8-10-31(11-9-30)26-22-16-23(19-6-4-3-5-7-19)29-25(22)27-17-28-26/h3-7,12-13,15-17H,8-11,14H2,1-2H3,(H,27,28,29). The average Bonchev–Trinajstić information content (AvgIpc) is 3.33. The zero-order valence-electron chi connectivity index (χ0n) is 19.3. The smallest absolute Gasteiger partial charge is 0.227 e. The molecule has 1 aliphatic rings. The number of H-pyrrole nitrogens is 1. The van der Waals surface area contributed by atoms with Gasteiger partial charge in [-0.25, -0.2) is 9.97 Å². The molecule has 0 atom stereocenters. The molecule has 5 rings (SSSR count). The number of nitrogens with zero attached hydrogens (tertiary/aromatic N) is 4. The summed E-state index contributed by atoms with van der Waals surface area (Å²) < 4.78 is 10.7. The van der Waals surface area contributed by atoms with Crippen LogP contribution >= 0.6 is 0 Å². The van der Waals surface area contributed by atoms with Crippen LogP contribution < -0.4 is 14.4 Å². The number of rotatable bonds is 6. The Morgan fingerprint density at radius 2 is 1.65 bits per heavy atom. The van der Waals surface area contributed by atoms with Crippen LogP contribution in [-0.4, -0.2) is 66.2 Å². The summed E-state index contributed by atoms with van der Waals surface area (Å²) in [4.78, 5) is 29.5. The third-order valence-electron chi connectivity index (χ3n) is 6.19. The second-order valence-corrected chi connectivity index (χ2v) is 8.27. The molecule has 8 nitrogen and oxygen atoms in total. The van der Waals surface area contributed by atoms with Gasteiger partial charge < -0.3 is 24.3 Å². The number of fused-ring (bicyclic) bond motifs is 1. The van der Waals surface area contributed by atoms with Crippen molar-refractivity contribution in [1.82, 2.24) is 19.9 Å². The lowest BCUT2D eigenvalue weighted by molar-refractivity contribution is -0.130. The number of amides is 1. The fourth-order valence-corrected chi connectivity index (χ4v) is 4.37. The predicted molar refractivity (Wildman–Crippen MR) is 131 cm³/mol. The van der Waals surface area contributed by atoms with Crippen molar-refractivity contribution in [2.45, 2.75) is 6.42 Å². The number of hydrogen-bond donors (Lipinski definition) is 1. The van der Waals surface area contributed by atoms with Crippen LogP contribution in [0, 0.1) is 0 Å². The van der Waals surface area contributed by atoms with Crippen molar-refractivity contribution in [3.8, 4) is 22.8 Å². The number of ether oxygens (including phenoxy) is 2. The Labute approximate surface area is 198 Å². The zero-order valence-corrected chi connectivity index (χ0v) is 19.3. The molecule has 0 spiro atoms. The number of nitrogens with one attached hydrogen (secondary N) is 1. The van der Waals surface area contributed by atoms with E-state index in [1.165, 1.54) is 0 Å². The Balaban J connectivity index is 1.28. The molecule has 2 aromatic carbocycles. The predicted octanol–water partition coefficient (Wildman–Crippen LogP) is 3.53. The van der Waals surface area contributed by atoms with Crippen LogP contribution in [0.25, 0.3) is 22.3 Å². The molecule has 1 amide bonds. The van der Waals surface area contributed by atoms with Crippen LogP contribution in [0.15, 0.2) is 60.9 Å². The summed E-state index contributed by atoms with van der Waals surface area (Å²) in [5.41, 5.74) is 3.81. The van der Waals surface area contributed by atoms with Crippen molar-refractivity contribution in [1.29, 1.82) is 0 Å². The van der Waals surface area contributed by atoms with Crippen molar-refractivity contribution in [3.63, 3.8) is 0 Å². The molecule has 174 valence electrons. The van der Waals surface area contributed by atoms with Crippen molar-refractivity contribution in [3.05, 3.63) is 66.5 Å². The van der Waals surface area contributed by atoms with E-state index in [1.54, 1.807) is 26.6 Å². The van der Waals surface area contributed by atoms with Crippen molar-refractivity contribution in [2.24, 2.45) is 0 Å². The number of carbonyl (C=O) groups excluding carboxylic acids is 1. The van der Waals surface area contributed by atoms with Gasteiger partial charge in [-0.3, -0.25) is 4.79 Å². The second-order valence-electron chi connectivity index (χ2n) is 8.27. The maximum absolute atomic E-state index is 13.0. The molecule has 1 saturated heterocycles. The SMILES string of the molecule is COc1cc(CC(=O)N2CCN(c3ncnc4[nH]c(-c5ccccc5)cc34)CC2)cc(OC)c1. The van der Waals surface area contributed by atoms with Crippen LogP contribution in [0.1, 0.15) is 5.56 Å². The summed E-state index contributed by atoms with van der Waals surface area (Å²) in [5.74, 6) is 2.35. The van der Waals surface area contributed by atoms with Gasteiger partial charge in [0.05, 0.1) is 26.0 Å². The Bertz CT molecular complexity index is 1270. The fraction of sp³-hybridized carbons (Fsp3) is 0.269. The lowest BCUT2D eigenvalue weighted by Gasteiger charge is -2.35. The Hall–Kier alpha value is -4.07. The minimum absolute atomic E-state index is 0.0933. The van der Waals surface area contributed by atoms with Crippen LogP contribution in [0.4, 0.5) is 5.82 Å². The third kappa shape index (κ3) is 4.39. The number of methoxy groups -OCH3 is 2. The number of piperazine rings is 1. The van der Waals surface area contributed by atoms with Gasteiger partial charge in [0, 0.05) is 37.9 Å². The minimum atomic E-state index is 0.0933. The summed E-state index contributed by atoms with van der Waals surface area (Å²) in [6.45, 7) is 2.71. The van der Waals surface area contributed by atoms with E-state index < -0.39 is 0 Å². The normalized spacial score (nSPS) is 13.8. The highest BCUT2D eigenvalue weighted by Crippen LogP contribution is 2.29. The lowest BCUT2D eigenvalue weighted by atomic mass is 10.1. The Kier molecular flexibility index (Phi) is 6.03. The number of hydrogen-bond acceptors (Lipinski definition) is 6. The van der Waals surface area contributed by atoms with Gasteiger partial charge in [0.2, 0.25) is 5.91 Å². The first-order chi connectivity index (χ1) is 16.6. The van der Waals surface area contributed by atoms with E-state index in [4.69, 9.17) is 9.47 Å². The highest BCUT2D eigenvalue weighted by Gasteiger charge is 2.24. The van der Waals surface area contributed by atoms with Gasteiger partial charge in [0.15, 0.2) is 0 Å². The summed E-state index contributed by atoms with van der Waals surface area (Å²) in [6.07, 6.45) is 1.90. The molecule has 0 unspecified atom stereocenters. The fourth-order valence-electron chi connectivity index (χ4n) is 4.37. The summed E-state index contributed by atoms with van der Waals surface area (Å²) in [6, 6.07) is 17.8. The van der Waals surface area contributed by atoms with Crippen LogP contribution in [-0.2, 0) is 11.2 Å². The molecular weight excluding hydrogens is 430 g/mol. The molecule has 2 aromatic heterocycles. The topological polar surface area (TPSA) is 83.6 Å². The highest BCUT2D eigenvalue weighted by molar-refractivity contribution is 5.92. The van der Waals surface area contributed by atoms with Gasteiger partial charge in [-0.2, -0.15) is 0 Å². The van der Waals surface area contributed by atoms with E-state index in [2.05, 4.69) is 38.1 Å². The Morgan fingerprint density at radius 3 is 2.32 bits per heavy atom. The molecule has 3 heterocycles. The first kappa shape index (κ1) is 21.8. The number of aromatic amines is 1. The van der Waals surface area contributed by atoms with E-state index in [-0.39, 0.29) is 5.91 Å². The number of carbonyl (C=O) groups is 1. The van der Waals surface area contributed by atoms with Gasteiger partial charge in [0.1, 0.15) is 29.3 Å². The first-order valence-electron chi connectivity index (χ1n) is 11.3. The molecule has 34 heavy (non-hydrogen) atoms. The number of benzene rings is 2. The number of anilines is 1. The Morgan fingerprint density at radius 1 is 0.941 bits per heavy atom. The van der Waals surface area contributed by atoms with Gasteiger partial charge in [0.25, 0.3) is 0 Å². The molecule has 0 aliphatic carbocycles. The first-order valence-corrected chi connectivity index (χ1v) is 11.3. The van der Waals surface area contributed by atoms with E-state index >= 15 is 0 Å². The van der Waals surface area contributed by atoms with Gasteiger partial charge in [-0.1, -0.05) is 30.3 Å². The molecule has 0 bridgehead atoms. The molecule has 0 saturated carbocycles. The van der Waals surface area contributed by atoms with E-state index in [9.17, 15) is 4.79 Å². The monoisotopic (exact) mass is 457 g/mol. The maximum atomic E-state index is 13.0. The maximum Gasteiger partial charge on any atom is 0.227 e. The van der Waals surface area contributed by atoms with Crippen molar-refractivity contribution in [2.75, 3.05) is 45.3 Å². The molecular formula is C26H27N5O3. The summed E-state index contributed by atoms with van der Waals surface area (Å²) in [7, 11) is 3.22. The van der Waals surface area contributed by atoms with Crippen LogP contribution in [0.5, 0.6) is 11.5 Å². The van der Waals surface area contributed by atoms with Gasteiger partial charge in [-0.15, -0.1) is 0 Å². The van der Waals surface area contributed by atoms with Gasteiger partial charge >= 0.3 is 0 Å². The molecule has 4 aromatic rings. The van der Waals surface area contributed by atoms with E-state index in [1.807, 2.05) is 35.2 Å². The number of aromatic nitrogens is 3. The van der Waals surface area contributed by atoms with Crippen LogP contribution in [0.2, 0.25) is 0 Å². The average molecular weight is 458 g/mol. The molecule has 0 radical (unpaired) electrons. The molecule has 8 heteroatoms. The summed E-state index contributed by atoms with van der Waals surface area (Å²) >= 11 is 0. The zero-order chi connectivity index (χ0) is 23.5. The van der Waals surface area contributed by atoms with Crippen LogP contribution in [0.3, 0.4) is 0 Å². The lowest BCUT2D eigenvalue weighted by Crippen LogP contribution is -2.49. The quantitative estimate of drug-likeness (QED) is 0.477. The highest BCUT2D eigenvalue weighted by atomic mass is 16.5. The van der Waals surface area contributed by atoms with E-state index in [0.717, 1.165) is 33.7 Å². The molecule has 1 aliphatic heterocycles. The largest absolute Gasteiger partial charge is 0.497 e. The van der Waals surface area contributed by atoms with Crippen molar-refractivity contribution >= 4 is 22.8 Å². The minimum Gasteiger partial charge on any atom is -0.497 e. The second kappa shape index (κ2) is 9.43.